The van der Waals surface area contributed by atoms with Crippen molar-refractivity contribution in [2.45, 2.75) is 30.2 Å². The summed E-state index contributed by atoms with van der Waals surface area (Å²) in [6.07, 6.45) is 1.71. The number of rotatable bonds is 6. The van der Waals surface area contributed by atoms with Crippen LogP contribution in [0, 0.1) is 0 Å². The first-order valence-electron chi connectivity index (χ1n) is 6.29. The molecule has 0 heterocycles. The molecular weight excluding hydrogens is 337 g/mol. The Kier molecular flexibility index (Phi) is 4.98. The first-order valence-corrected chi connectivity index (χ1v) is 8.49. The number of benzene rings is 1. The number of nitrogens with two attached hydrogens (primary N) is 1. The van der Waals surface area contributed by atoms with E-state index in [1.807, 2.05) is 0 Å². The summed E-state index contributed by atoms with van der Waals surface area (Å²) in [7, 11) is -3.77. The molecule has 1 aliphatic carbocycles. The lowest BCUT2D eigenvalue weighted by Crippen LogP contribution is -2.36. The SMILES string of the molecule is NC(CCN(C1CC1)S(=O)(=O)c1cc(Cl)ccc1Cl)=NO. The van der Waals surface area contributed by atoms with Crippen molar-refractivity contribution >= 4 is 39.1 Å². The standard InChI is InChI=1S/C12H15Cl2N3O3S/c13-8-1-4-10(14)11(7-8)21(19,20)17(9-2-3-9)6-5-12(15)16-18/h1,4,7,9,18H,2-3,5-6H2,(H2,15,16). The van der Waals surface area contributed by atoms with Gasteiger partial charge < -0.3 is 10.9 Å². The van der Waals surface area contributed by atoms with Gasteiger partial charge in [0.15, 0.2) is 0 Å². The summed E-state index contributed by atoms with van der Waals surface area (Å²) in [5.74, 6) is -0.0203. The maximum atomic E-state index is 12.7. The van der Waals surface area contributed by atoms with Gasteiger partial charge in [-0.05, 0) is 31.0 Å². The zero-order valence-corrected chi connectivity index (χ0v) is 13.4. The highest BCUT2D eigenvalue weighted by Crippen LogP contribution is 2.35. The molecule has 0 saturated heterocycles. The van der Waals surface area contributed by atoms with Crippen LogP contribution in [0.3, 0.4) is 0 Å². The Bertz CT molecular complexity index is 660. The number of sulfonamides is 1. The van der Waals surface area contributed by atoms with Crippen molar-refractivity contribution in [3.8, 4) is 0 Å². The molecule has 2 rings (SSSR count). The first kappa shape index (κ1) is 16.4. The fourth-order valence-electron chi connectivity index (χ4n) is 1.94. The molecule has 0 radical (unpaired) electrons. The lowest BCUT2D eigenvalue weighted by molar-refractivity contribution is 0.315. The molecule has 0 unspecified atom stereocenters. The smallest absolute Gasteiger partial charge is 0.244 e. The highest BCUT2D eigenvalue weighted by Gasteiger charge is 2.38. The normalized spacial score (nSPS) is 16.4. The van der Waals surface area contributed by atoms with Gasteiger partial charge in [-0.25, -0.2) is 8.42 Å². The minimum Gasteiger partial charge on any atom is -0.409 e. The zero-order valence-electron chi connectivity index (χ0n) is 11.0. The summed E-state index contributed by atoms with van der Waals surface area (Å²) in [4.78, 5) is -0.0249. The second-order valence-corrected chi connectivity index (χ2v) is 7.47. The average molecular weight is 352 g/mol. The lowest BCUT2D eigenvalue weighted by atomic mass is 10.4. The van der Waals surface area contributed by atoms with Gasteiger partial charge in [0, 0.05) is 24.0 Å². The van der Waals surface area contributed by atoms with E-state index in [-0.39, 0.29) is 34.8 Å². The molecule has 0 aliphatic heterocycles. The van der Waals surface area contributed by atoms with Crippen molar-refractivity contribution in [2.75, 3.05) is 6.54 Å². The Labute approximate surface area is 133 Å². The maximum absolute atomic E-state index is 12.7. The van der Waals surface area contributed by atoms with E-state index in [0.29, 0.717) is 5.02 Å². The molecular formula is C12H15Cl2N3O3S. The molecule has 1 aromatic rings. The van der Waals surface area contributed by atoms with Crippen LogP contribution in [0.2, 0.25) is 10.0 Å². The van der Waals surface area contributed by atoms with Crippen LogP contribution in [-0.2, 0) is 10.0 Å². The highest BCUT2D eigenvalue weighted by molar-refractivity contribution is 7.89. The number of oxime groups is 1. The van der Waals surface area contributed by atoms with Crippen LogP contribution in [0.25, 0.3) is 0 Å². The van der Waals surface area contributed by atoms with Gasteiger partial charge in [0.2, 0.25) is 10.0 Å². The van der Waals surface area contributed by atoms with Gasteiger partial charge in [-0.2, -0.15) is 4.31 Å². The van der Waals surface area contributed by atoms with Gasteiger partial charge in [0.1, 0.15) is 10.7 Å². The van der Waals surface area contributed by atoms with E-state index < -0.39 is 10.0 Å². The number of amidine groups is 1. The van der Waals surface area contributed by atoms with Crippen LogP contribution < -0.4 is 5.73 Å². The third-order valence-electron chi connectivity index (χ3n) is 3.15. The minimum absolute atomic E-state index is 0.0203. The van der Waals surface area contributed by atoms with E-state index >= 15 is 0 Å². The Hall–Kier alpha value is -1.02. The summed E-state index contributed by atoms with van der Waals surface area (Å²) in [5, 5.41) is 11.8. The minimum atomic E-state index is -3.77. The summed E-state index contributed by atoms with van der Waals surface area (Å²) < 4.78 is 26.8. The molecule has 0 spiro atoms. The molecule has 21 heavy (non-hydrogen) atoms. The molecule has 6 nitrogen and oxygen atoms in total. The lowest BCUT2D eigenvalue weighted by Gasteiger charge is -2.22. The molecule has 9 heteroatoms. The van der Waals surface area contributed by atoms with Crippen LogP contribution in [-0.4, -0.2) is 36.4 Å². The number of hydrogen-bond acceptors (Lipinski definition) is 4. The zero-order chi connectivity index (χ0) is 15.6. The monoisotopic (exact) mass is 351 g/mol. The third-order valence-corrected chi connectivity index (χ3v) is 5.82. The number of nitrogens with zero attached hydrogens (tertiary/aromatic N) is 2. The molecule has 0 bridgehead atoms. The van der Waals surface area contributed by atoms with E-state index in [1.54, 1.807) is 0 Å². The number of hydrogen-bond donors (Lipinski definition) is 2. The van der Waals surface area contributed by atoms with E-state index in [0.717, 1.165) is 12.8 Å². The van der Waals surface area contributed by atoms with Crippen molar-refractivity contribution < 1.29 is 13.6 Å². The van der Waals surface area contributed by atoms with Crippen LogP contribution >= 0.6 is 23.2 Å². The van der Waals surface area contributed by atoms with E-state index in [1.165, 1.54) is 22.5 Å². The van der Waals surface area contributed by atoms with Crippen LogP contribution in [0.15, 0.2) is 28.3 Å². The summed E-state index contributed by atoms with van der Waals surface area (Å²) in [6.45, 7) is 0.131. The van der Waals surface area contributed by atoms with Gasteiger partial charge in [-0.3, -0.25) is 0 Å². The van der Waals surface area contributed by atoms with E-state index in [9.17, 15) is 8.42 Å². The van der Waals surface area contributed by atoms with Gasteiger partial charge >= 0.3 is 0 Å². The quantitative estimate of drug-likeness (QED) is 0.355. The average Bonchev–Trinajstić information content (AvgIpc) is 3.25. The predicted molar refractivity (Wildman–Crippen MR) is 81.4 cm³/mol. The Morgan fingerprint density at radius 1 is 1.43 bits per heavy atom. The summed E-state index contributed by atoms with van der Waals surface area (Å²) in [5.41, 5.74) is 5.41. The topological polar surface area (TPSA) is 96.0 Å². The van der Waals surface area contributed by atoms with Gasteiger partial charge in [-0.15, -0.1) is 0 Å². The molecule has 1 aliphatic rings. The summed E-state index contributed by atoms with van der Waals surface area (Å²) in [6, 6.07) is 4.24. The highest BCUT2D eigenvalue weighted by atomic mass is 35.5. The Balaban J connectivity index is 2.31. The Morgan fingerprint density at radius 2 is 2.10 bits per heavy atom. The molecule has 116 valence electrons. The summed E-state index contributed by atoms with van der Waals surface area (Å²) >= 11 is 11.8. The maximum Gasteiger partial charge on any atom is 0.244 e. The van der Waals surface area contributed by atoms with Crippen LogP contribution in [0.5, 0.6) is 0 Å². The van der Waals surface area contributed by atoms with E-state index in [2.05, 4.69) is 5.16 Å². The fraction of sp³-hybridized carbons (Fsp3) is 0.417. The van der Waals surface area contributed by atoms with Crippen molar-refractivity contribution in [1.82, 2.24) is 4.31 Å². The molecule has 0 amide bonds. The van der Waals surface area contributed by atoms with Gasteiger partial charge in [-0.1, -0.05) is 28.4 Å². The molecule has 1 fully saturated rings. The molecule has 1 aromatic carbocycles. The number of halogens is 2. The second-order valence-electron chi connectivity index (χ2n) is 4.76. The van der Waals surface area contributed by atoms with Crippen molar-refractivity contribution in [3.63, 3.8) is 0 Å². The van der Waals surface area contributed by atoms with Crippen LogP contribution in [0.4, 0.5) is 0 Å². The molecule has 0 atom stereocenters. The second kappa shape index (κ2) is 6.39. The molecule has 1 saturated carbocycles. The molecule has 3 N–H and O–H groups in total. The predicted octanol–water partition coefficient (Wildman–Crippen LogP) is 2.28. The van der Waals surface area contributed by atoms with Crippen molar-refractivity contribution in [2.24, 2.45) is 10.9 Å². The van der Waals surface area contributed by atoms with E-state index in [4.69, 9.17) is 34.1 Å². The van der Waals surface area contributed by atoms with Gasteiger partial charge in [0.25, 0.3) is 0 Å². The van der Waals surface area contributed by atoms with Crippen molar-refractivity contribution in [3.05, 3.63) is 28.2 Å². The van der Waals surface area contributed by atoms with Crippen molar-refractivity contribution in [1.29, 1.82) is 0 Å². The third kappa shape index (κ3) is 3.79. The fourth-order valence-corrected chi connectivity index (χ4v) is 4.36. The van der Waals surface area contributed by atoms with Gasteiger partial charge in [0.05, 0.1) is 5.02 Å². The Morgan fingerprint density at radius 3 is 2.67 bits per heavy atom. The van der Waals surface area contributed by atoms with Crippen LogP contribution in [0.1, 0.15) is 19.3 Å². The molecule has 0 aromatic heterocycles. The first-order chi connectivity index (χ1) is 9.86. The largest absolute Gasteiger partial charge is 0.409 e.